The molecule has 2 aromatic carbocycles. The number of hydrogen-bond donors (Lipinski definition) is 1. The highest BCUT2D eigenvalue weighted by Crippen LogP contribution is 2.44. The molecule has 2 aromatic rings. The fourth-order valence-corrected chi connectivity index (χ4v) is 5.51. The van der Waals surface area contributed by atoms with E-state index in [1.54, 1.807) is 16.5 Å². The quantitative estimate of drug-likeness (QED) is 0.667. The Morgan fingerprint density at radius 2 is 1.71 bits per heavy atom. The molecule has 2 unspecified atom stereocenters. The number of carbonyl (C=O) groups is 1. The van der Waals surface area contributed by atoms with Crippen LogP contribution in [0.5, 0.6) is 0 Å². The Hall–Kier alpha value is -1.43. The fraction of sp³-hybridized carbons (Fsp3) is 0.263. The van der Waals surface area contributed by atoms with Crippen LogP contribution in [-0.2, 0) is 9.53 Å². The number of benzene rings is 2. The monoisotopic (exact) mass is 357 g/mol. The summed E-state index contributed by atoms with van der Waals surface area (Å²) in [6.07, 6.45) is -0.730. The first-order valence-electron chi connectivity index (χ1n) is 7.90. The Morgan fingerprint density at radius 3 is 2.33 bits per heavy atom. The van der Waals surface area contributed by atoms with Gasteiger partial charge in [0.2, 0.25) is 0 Å². The van der Waals surface area contributed by atoms with Crippen LogP contribution in [0.15, 0.2) is 48.5 Å². The van der Waals surface area contributed by atoms with Gasteiger partial charge in [-0.1, -0.05) is 70.1 Å². The van der Waals surface area contributed by atoms with E-state index in [9.17, 15) is 9.90 Å². The molecular weight excluding hydrogens is 340 g/mol. The Kier molecular flexibility index (Phi) is 4.57. The average Bonchev–Trinajstić information content (AvgIpc) is 2.94. The molecule has 0 spiro atoms. The van der Waals surface area contributed by atoms with Gasteiger partial charge in [0.25, 0.3) is 0 Å². The van der Waals surface area contributed by atoms with Gasteiger partial charge in [0.15, 0.2) is 0 Å². The van der Waals surface area contributed by atoms with Gasteiger partial charge < -0.3 is 9.84 Å². The first-order chi connectivity index (χ1) is 11.8. The first kappa shape index (κ1) is 16.1. The smallest absolute Gasteiger partial charge is 0.312 e. The largest absolute Gasteiger partial charge is 0.464 e. The molecular formula is C19H17O3S2. The van der Waals surface area contributed by atoms with Crippen LogP contribution in [0.1, 0.15) is 17.0 Å². The van der Waals surface area contributed by atoms with Crippen LogP contribution in [0.25, 0.3) is 11.1 Å². The van der Waals surface area contributed by atoms with Crippen LogP contribution < -0.4 is 0 Å². The van der Waals surface area contributed by atoms with Gasteiger partial charge in [-0.3, -0.25) is 4.79 Å². The number of carbonyl (C=O) groups excluding carboxylic acids is 1. The molecule has 0 aromatic heterocycles. The number of hydrogen-bond acceptors (Lipinski definition) is 5. The van der Waals surface area contributed by atoms with Crippen molar-refractivity contribution in [3.63, 3.8) is 0 Å². The van der Waals surface area contributed by atoms with Crippen LogP contribution in [-0.4, -0.2) is 29.5 Å². The van der Waals surface area contributed by atoms with Crippen molar-refractivity contribution in [2.45, 2.75) is 12.0 Å². The van der Waals surface area contributed by atoms with E-state index in [2.05, 4.69) is 24.3 Å². The van der Waals surface area contributed by atoms with Crippen LogP contribution in [0.2, 0.25) is 0 Å². The van der Waals surface area contributed by atoms with E-state index in [-0.39, 0.29) is 11.9 Å². The van der Waals surface area contributed by atoms with Crippen LogP contribution >= 0.6 is 21.6 Å². The summed E-state index contributed by atoms with van der Waals surface area (Å²) in [6, 6.07) is 16.5. The second-order valence-corrected chi connectivity index (χ2v) is 8.29. The minimum atomic E-state index is -0.730. The van der Waals surface area contributed by atoms with Crippen molar-refractivity contribution in [1.82, 2.24) is 0 Å². The van der Waals surface area contributed by atoms with E-state index in [0.717, 1.165) is 0 Å². The van der Waals surface area contributed by atoms with E-state index in [0.29, 0.717) is 12.4 Å². The van der Waals surface area contributed by atoms with Crippen molar-refractivity contribution in [2.24, 2.45) is 5.92 Å². The predicted octanol–water partition coefficient (Wildman–Crippen LogP) is 3.88. The number of aliphatic hydroxyl groups is 1. The minimum absolute atomic E-state index is 0.0630. The maximum atomic E-state index is 12.4. The van der Waals surface area contributed by atoms with Crippen molar-refractivity contribution in [2.75, 3.05) is 12.4 Å². The molecule has 0 saturated carbocycles. The van der Waals surface area contributed by atoms with Crippen LogP contribution in [0, 0.1) is 11.7 Å². The van der Waals surface area contributed by atoms with Crippen molar-refractivity contribution in [3.8, 4) is 11.1 Å². The maximum absolute atomic E-state index is 12.4. The summed E-state index contributed by atoms with van der Waals surface area (Å²) in [7, 11) is 3.05. The summed E-state index contributed by atoms with van der Waals surface area (Å²) >= 11 is 0. The van der Waals surface area contributed by atoms with E-state index >= 15 is 0 Å². The molecule has 1 heterocycles. The summed E-state index contributed by atoms with van der Waals surface area (Å²) in [6.45, 7) is 0.313. The van der Waals surface area contributed by atoms with Gasteiger partial charge in [-0.2, -0.15) is 0 Å². The average molecular weight is 357 g/mol. The van der Waals surface area contributed by atoms with Crippen molar-refractivity contribution in [1.29, 1.82) is 0 Å². The van der Waals surface area contributed by atoms with Crippen LogP contribution in [0.4, 0.5) is 0 Å². The Balaban J connectivity index is 1.53. The second-order valence-electron chi connectivity index (χ2n) is 5.97. The van der Waals surface area contributed by atoms with Gasteiger partial charge in [-0.05, 0) is 22.3 Å². The zero-order valence-corrected chi connectivity index (χ0v) is 14.6. The predicted molar refractivity (Wildman–Crippen MR) is 98.5 cm³/mol. The topological polar surface area (TPSA) is 46.5 Å². The molecule has 3 nitrogen and oxygen atoms in total. The lowest BCUT2D eigenvalue weighted by molar-refractivity contribution is -0.150. The molecule has 4 rings (SSSR count). The molecule has 2 atom stereocenters. The Morgan fingerprint density at radius 1 is 1.08 bits per heavy atom. The third-order valence-electron chi connectivity index (χ3n) is 4.58. The molecule has 0 amide bonds. The minimum Gasteiger partial charge on any atom is -0.464 e. The SMILES string of the molecule is O=C(OCC1c2ccccc2-c2ccccc21)C1CSS[CH]C1O. The molecule has 5 heteroatoms. The lowest BCUT2D eigenvalue weighted by Crippen LogP contribution is -2.34. The number of fused-ring (bicyclic) bond motifs is 3. The molecule has 1 radical (unpaired) electrons. The zero-order valence-electron chi connectivity index (χ0n) is 12.9. The molecule has 0 bridgehead atoms. The number of rotatable bonds is 3. The lowest BCUT2D eigenvalue weighted by Gasteiger charge is -2.25. The number of aliphatic hydroxyl groups excluding tert-OH is 1. The molecule has 123 valence electrons. The lowest BCUT2D eigenvalue weighted by atomic mass is 9.98. The summed E-state index contributed by atoms with van der Waals surface area (Å²) in [5, 5.41) is 9.96. The molecule has 2 aliphatic rings. The number of ether oxygens (including phenoxy) is 1. The van der Waals surface area contributed by atoms with Crippen molar-refractivity contribution in [3.05, 3.63) is 65.4 Å². The van der Waals surface area contributed by atoms with E-state index in [4.69, 9.17) is 4.74 Å². The van der Waals surface area contributed by atoms with E-state index < -0.39 is 12.0 Å². The molecule has 1 saturated heterocycles. The zero-order chi connectivity index (χ0) is 16.5. The van der Waals surface area contributed by atoms with Gasteiger partial charge in [0.05, 0.1) is 17.8 Å². The van der Waals surface area contributed by atoms with Gasteiger partial charge in [0.1, 0.15) is 6.61 Å². The third-order valence-corrected chi connectivity index (χ3v) is 6.75. The van der Waals surface area contributed by atoms with Gasteiger partial charge in [0, 0.05) is 11.7 Å². The Bertz CT molecular complexity index is 716. The highest BCUT2D eigenvalue weighted by Gasteiger charge is 2.34. The highest BCUT2D eigenvalue weighted by atomic mass is 33.1. The van der Waals surface area contributed by atoms with Gasteiger partial charge >= 0.3 is 5.97 Å². The summed E-state index contributed by atoms with van der Waals surface area (Å²) in [4.78, 5) is 12.4. The summed E-state index contributed by atoms with van der Waals surface area (Å²) in [5.41, 5.74) is 4.83. The van der Waals surface area contributed by atoms with Gasteiger partial charge in [-0.25, -0.2) is 0 Å². The van der Waals surface area contributed by atoms with E-state index in [1.165, 1.54) is 33.0 Å². The fourth-order valence-electron chi connectivity index (χ4n) is 3.32. The van der Waals surface area contributed by atoms with Crippen LogP contribution in [0.3, 0.4) is 0 Å². The molecule has 1 N–H and O–H groups in total. The summed E-state index contributed by atoms with van der Waals surface area (Å²) in [5.74, 6) is 1.56. The molecule has 1 aliphatic heterocycles. The molecule has 1 fully saturated rings. The first-order valence-corrected chi connectivity index (χ1v) is 10.3. The third kappa shape index (κ3) is 2.85. The van der Waals surface area contributed by atoms with E-state index in [1.807, 2.05) is 24.3 Å². The van der Waals surface area contributed by atoms with Gasteiger partial charge in [-0.15, -0.1) is 0 Å². The maximum Gasteiger partial charge on any atom is 0.312 e. The standard InChI is InChI=1S/C19H17O3S2/c20-18-11-24-23-10-17(18)19(21)22-9-16-14-7-3-1-5-12(14)13-6-2-4-8-15(13)16/h1-8,11,16-18,20H,9-10H2. The number of esters is 1. The highest BCUT2D eigenvalue weighted by molar-refractivity contribution is 8.77. The Labute approximate surface area is 149 Å². The molecule has 1 aliphatic carbocycles. The van der Waals surface area contributed by atoms with Crippen molar-refractivity contribution >= 4 is 27.6 Å². The second kappa shape index (κ2) is 6.82. The normalized spacial score (nSPS) is 22.7. The molecule has 24 heavy (non-hydrogen) atoms. The summed E-state index contributed by atoms with van der Waals surface area (Å²) < 4.78 is 5.61. The van der Waals surface area contributed by atoms with Crippen molar-refractivity contribution < 1.29 is 14.6 Å².